The molecule has 7 nitrogen and oxygen atoms in total. The number of nitrogen functional groups attached to an aromatic ring is 1. The molecule has 0 bridgehead atoms. The third-order valence-electron chi connectivity index (χ3n) is 5.13. The number of aryl methyl sites for hydroxylation is 2. The predicted molar refractivity (Wildman–Crippen MR) is 119 cm³/mol. The minimum atomic E-state index is -0.506. The average molecular weight is 400 g/mol. The summed E-state index contributed by atoms with van der Waals surface area (Å²) >= 11 is 0. The summed E-state index contributed by atoms with van der Waals surface area (Å²) < 4.78 is 2.90. The monoisotopic (exact) mass is 399 g/mol. The number of hydrogen-bond donors (Lipinski definition) is 2. The van der Waals surface area contributed by atoms with Gasteiger partial charge < -0.3 is 10.3 Å². The normalized spacial score (nSPS) is 13.2. The van der Waals surface area contributed by atoms with Gasteiger partial charge in [-0.05, 0) is 18.1 Å². The lowest BCUT2D eigenvalue weighted by Gasteiger charge is -2.08. The molecule has 0 aliphatic heterocycles. The van der Waals surface area contributed by atoms with Crippen LogP contribution in [0.3, 0.4) is 0 Å². The Kier molecular flexibility index (Phi) is 8.24. The number of rotatable bonds is 2. The predicted octanol–water partition coefficient (Wildman–Crippen LogP) is 3.73. The molecule has 7 heteroatoms. The Bertz CT molecular complexity index is 1030. The lowest BCUT2D eigenvalue weighted by molar-refractivity contribution is 0.504. The Morgan fingerprint density at radius 3 is 2.14 bits per heavy atom. The molecule has 29 heavy (non-hydrogen) atoms. The van der Waals surface area contributed by atoms with Gasteiger partial charge in [0.15, 0.2) is 11.2 Å². The smallest absolute Gasteiger partial charge is 0.329 e. The molecule has 2 aromatic heterocycles. The van der Waals surface area contributed by atoms with Gasteiger partial charge in [-0.2, -0.15) is 4.98 Å². The minimum Gasteiger partial charge on any atom is -0.369 e. The lowest BCUT2D eigenvalue weighted by atomic mass is 10.0. The Morgan fingerprint density at radius 1 is 1.03 bits per heavy atom. The number of fused-ring (bicyclic) bond motifs is 1. The number of aromatic amines is 1. The maximum Gasteiger partial charge on any atom is 0.329 e. The highest BCUT2D eigenvalue weighted by Crippen LogP contribution is 2.17. The summed E-state index contributed by atoms with van der Waals surface area (Å²) in [6.45, 7) is 6.42. The van der Waals surface area contributed by atoms with Crippen molar-refractivity contribution in [2.24, 2.45) is 7.05 Å². The molecule has 1 aliphatic rings. The second-order valence-corrected chi connectivity index (χ2v) is 7.09. The molecule has 0 amide bonds. The number of hydrogen-bond acceptors (Lipinski definition) is 4. The zero-order valence-corrected chi connectivity index (χ0v) is 18.0. The molecule has 0 unspecified atom stereocenters. The second-order valence-electron chi connectivity index (χ2n) is 7.09. The van der Waals surface area contributed by atoms with E-state index in [0.717, 1.165) is 11.1 Å². The Labute approximate surface area is 171 Å². The Morgan fingerprint density at radius 2 is 1.59 bits per heavy atom. The van der Waals surface area contributed by atoms with Gasteiger partial charge in [0, 0.05) is 7.05 Å². The van der Waals surface area contributed by atoms with Crippen LogP contribution in [0.4, 0.5) is 5.95 Å². The van der Waals surface area contributed by atoms with Gasteiger partial charge >= 0.3 is 5.69 Å². The number of benzene rings is 1. The van der Waals surface area contributed by atoms with E-state index in [1.54, 1.807) is 11.6 Å². The number of aromatic nitrogens is 4. The van der Waals surface area contributed by atoms with Gasteiger partial charge in [0.25, 0.3) is 5.56 Å². The minimum absolute atomic E-state index is 0.208. The third-order valence-corrected chi connectivity index (χ3v) is 5.13. The maximum atomic E-state index is 12.1. The average Bonchev–Trinajstić information content (AvgIpc) is 3.08. The molecule has 2 heterocycles. The molecule has 0 saturated heterocycles. The summed E-state index contributed by atoms with van der Waals surface area (Å²) in [5.74, 6) is 0.208. The fraction of sp³-hybridized carbons (Fsp3) is 0.500. The Hall–Kier alpha value is -2.83. The van der Waals surface area contributed by atoms with Gasteiger partial charge in [-0.3, -0.25) is 14.3 Å². The molecule has 1 fully saturated rings. The van der Waals surface area contributed by atoms with Gasteiger partial charge in [0.1, 0.15) is 0 Å². The molecule has 3 N–H and O–H groups in total. The first-order chi connectivity index (χ1) is 14.0. The quantitative estimate of drug-likeness (QED) is 0.686. The highest BCUT2D eigenvalue weighted by Gasteiger charge is 2.16. The van der Waals surface area contributed by atoms with E-state index in [0.29, 0.717) is 12.1 Å². The van der Waals surface area contributed by atoms with Crippen molar-refractivity contribution in [3.63, 3.8) is 0 Å². The maximum absolute atomic E-state index is 12.1. The van der Waals surface area contributed by atoms with Crippen LogP contribution in [-0.4, -0.2) is 19.1 Å². The Balaban J connectivity index is 0.000000317. The summed E-state index contributed by atoms with van der Waals surface area (Å²) in [6, 6.07) is 7.84. The van der Waals surface area contributed by atoms with Crippen LogP contribution in [0.2, 0.25) is 0 Å². The number of H-pyrrole nitrogens is 1. The van der Waals surface area contributed by atoms with Crippen LogP contribution in [0.5, 0.6) is 0 Å². The summed E-state index contributed by atoms with van der Waals surface area (Å²) in [5, 5.41) is 0. The summed E-state index contributed by atoms with van der Waals surface area (Å²) in [6.07, 6.45) is 9.00. The molecular formula is C22H33N5O2. The fourth-order valence-corrected chi connectivity index (χ4v) is 3.43. The van der Waals surface area contributed by atoms with Gasteiger partial charge in [-0.25, -0.2) is 4.79 Å². The van der Waals surface area contributed by atoms with Crippen molar-refractivity contribution >= 4 is 17.1 Å². The van der Waals surface area contributed by atoms with Crippen LogP contribution in [0, 0.1) is 6.92 Å². The number of anilines is 1. The first kappa shape index (κ1) is 22.5. The molecule has 0 spiro atoms. The zero-order chi connectivity index (χ0) is 21.4. The lowest BCUT2D eigenvalue weighted by Crippen LogP contribution is -2.29. The van der Waals surface area contributed by atoms with Crippen LogP contribution in [0.1, 0.15) is 63.5 Å². The molecule has 4 rings (SSSR count). The molecule has 1 aliphatic carbocycles. The first-order valence-corrected chi connectivity index (χ1v) is 10.5. The summed E-state index contributed by atoms with van der Waals surface area (Å²) in [7, 11) is 1.55. The SMILES string of the molecule is C1CCCCC1.CC.Cc1ccccc1Cn1c(N)nc2c1c(=O)[nH]c(=O)n2C. The number of nitrogens with two attached hydrogens (primary N) is 1. The summed E-state index contributed by atoms with van der Waals surface area (Å²) in [5.41, 5.74) is 7.66. The van der Waals surface area contributed by atoms with E-state index in [-0.39, 0.29) is 11.6 Å². The van der Waals surface area contributed by atoms with E-state index in [1.165, 1.54) is 43.1 Å². The highest BCUT2D eigenvalue weighted by molar-refractivity contribution is 5.73. The van der Waals surface area contributed by atoms with Crippen molar-refractivity contribution in [2.45, 2.75) is 65.8 Å². The van der Waals surface area contributed by atoms with Crippen LogP contribution < -0.4 is 17.0 Å². The van der Waals surface area contributed by atoms with Crippen molar-refractivity contribution < 1.29 is 0 Å². The molecule has 0 radical (unpaired) electrons. The second kappa shape index (κ2) is 10.6. The molecule has 3 aromatic rings. The number of nitrogens with zero attached hydrogens (tertiary/aromatic N) is 3. The van der Waals surface area contributed by atoms with Crippen LogP contribution in [-0.2, 0) is 13.6 Å². The summed E-state index contributed by atoms with van der Waals surface area (Å²) in [4.78, 5) is 30.1. The number of nitrogens with one attached hydrogen (secondary N) is 1. The molecule has 158 valence electrons. The molecular weight excluding hydrogens is 366 g/mol. The molecule has 1 saturated carbocycles. The number of imidazole rings is 1. The first-order valence-electron chi connectivity index (χ1n) is 10.5. The van der Waals surface area contributed by atoms with Crippen LogP contribution >= 0.6 is 0 Å². The molecule has 0 atom stereocenters. The van der Waals surface area contributed by atoms with Crippen molar-refractivity contribution in [1.29, 1.82) is 0 Å². The van der Waals surface area contributed by atoms with Crippen molar-refractivity contribution in [3.05, 3.63) is 56.2 Å². The largest absolute Gasteiger partial charge is 0.369 e. The van der Waals surface area contributed by atoms with E-state index in [9.17, 15) is 9.59 Å². The molecule has 1 aromatic carbocycles. The van der Waals surface area contributed by atoms with Gasteiger partial charge in [-0.15, -0.1) is 0 Å². The van der Waals surface area contributed by atoms with Gasteiger partial charge in [0.2, 0.25) is 5.95 Å². The topological polar surface area (TPSA) is 98.7 Å². The highest BCUT2D eigenvalue weighted by atomic mass is 16.2. The van der Waals surface area contributed by atoms with Crippen molar-refractivity contribution in [1.82, 2.24) is 19.1 Å². The van der Waals surface area contributed by atoms with Gasteiger partial charge in [-0.1, -0.05) is 76.6 Å². The van der Waals surface area contributed by atoms with Crippen molar-refractivity contribution in [2.75, 3.05) is 5.73 Å². The van der Waals surface area contributed by atoms with Crippen LogP contribution in [0.15, 0.2) is 33.9 Å². The van der Waals surface area contributed by atoms with E-state index < -0.39 is 11.2 Å². The fourth-order valence-electron chi connectivity index (χ4n) is 3.43. The zero-order valence-electron chi connectivity index (χ0n) is 18.0. The van der Waals surface area contributed by atoms with Gasteiger partial charge in [0.05, 0.1) is 6.54 Å². The van der Waals surface area contributed by atoms with Crippen LogP contribution in [0.25, 0.3) is 11.2 Å². The van der Waals surface area contributed by atoms with Crippen molar-refractivity contribution in [3.8, 4) is 0 Å². The van der Waals surface area contributed by atoms with E-state index in [1.807, 2.05) is 45.0 Å². The van der Waals surface area contributed by atoms with E-state index >= 15 is 0 Å². The standard InChI is InChI=1S/C14H15N5O2.C6H12.C2H6/c1-8-5-3-4-6-9(8)7-19-10-11(16-13(19)15)18(2)14(21)17-12(10)20;1-2-4-6-5-3-1;1-2/h3-6H,7H2,1-2H3,(H2,15,16)(H,17,20,21);1-6H2;1-2H3. The third kappa shape index (κ3) is 5.37. The van der Waals surface area contributed by atoms with E-state index in [4.69, 9.17) is 5.73 Å². The van der Waals surface area contributed by atoms with E-state index in [2.05, 4.69) is 9.97 Å².